The second kappa shape index (κ2) is 17.6. The lowest BCUT2D eigenvalue weighted by Crippen LogP contribution is -2.40. The molecule has 4 aromatic rings. The number of imidazole rings is 2. The number of carbonyl (C=O) groups is 2. The van der Waals surface area contributed by atoms with E-state index in [1.54, 1.807) is 0 Å². The number of nitrogens with zero attached hydrogens (tertiary/aromatic N) is 4. The molecule has 2 aliphatic carbocycles. The monoisotopic (exact) mass is 757 g/mol. The third kappa shape index (κ3) is 10.7. The fourth-order valence-corrected chi connectivity index (χ4v) is 8.00. The summed E-state index contributed by atoms with van der Waals surface area (Å²) >= 11 is 0. The maximum atomic E-state index is 12.7. The summed E-state index contributed by atoms with van der Waals surface area (Å²) < 4.78 is 26.3. The van der Waals surface area contributed by atoms with Crippen LogP contribution in [0.5, 0.6) is 0 Å². The summed E-state index contributed by atoms with van der Waals surface area (Å²) in [5.74, 6) is 0.0973. The van der Waals surface area contributed by atoms with Gasteiger partial charge in [-0.1, -0.05) is 48.6 Å². The minimum atomic E-state index is -3.39. The lowest BCUT2D eigenvalue weighted by Gasteiger charge is -2.27. The predicted molar refractivity (Wildman–Crippen MR) is 214 cm³/mol. The van der Waals surface area contributed by atoms with Crippen molar-refractivity contribution in [1.82, 2.24) is 24.7 Å². The van der Waals surface area contributed by atoms with E-state index in [0.29, 0.717) is 5.69 Å². The first-order valence-electron chi connectivity index (χ1n) is 18.4. The van der Waals surface area contributed by atoms with Gasteiger partial charge >= 0.3 is 0 Å². The van der Waals surface area contributed by atoms with Gasteiger partial charge in [-0.25, -0.2) is 23.1 Å². The summed E-state index contributed by atoms with van der Waals surface area (Å²) in [7, 11) is -3.39. The van der Waals surface area contributed by atoms with Crippen molar-refractivity contribution in [3.8, 4) is 12.1 Å². The van der Waals surface area contributed by atoms with Gasteiger partial charge in [-0.05, 0) is 129 Å². The van der Waals surface area contributed by atoms with Crippen molar-refractivity contribution in [2.24, 2.45) is 0 Å². The lowest BCUT2D eigenvalue weighted by atomic mass is 9.85. The normalized spacial score (nSPS) is 14.4. The van der Waals surface area contributed by atoms with Crippen LogP contribution in [0.15, 0.2) is 67.5 Å². The quantitative estimate of drug-likeness (QED) is 0.121. The molecule has 0 amide bonds. The molecule has 2 aliphatic rings. The number of Topliss-reactive ketones (excluding diaryl/α,β-unsaturated/α-hetero) is 2. The van der Waals surface area contributed by atoms with Crippen molar-refractivity contribution in [1.29, 1.82) is 10.5 Å². The number of benzene rings is 2. The highest BCUT2D eigenvalue weighted by Gasteiger charge is 2.27. The molecule has 6 rings (SSSR count). The van der Waals surface area contributed by atoms with Crippen LogP contribution in [-0.4, -0.2) is 46.2 Å². The van der Waals surface area contributed by atoms with Crippen LogP contribution in [0.25, 0.3) is 16.7 Å². The lowest BCUT2D eigenvalue weighted by molar-refractivity contribution is 0.0976. The van der Waals surface area contributed by atoms with Crippen molar-refractivity contribution in [2.45, 2.75) is 90.5 Å². The molecule has 3 N–H and O–H groups in total. The number of sulfonamides is 1. The molecule has 2 aromatic heterocycles. The molecule has 0 fully saturated rings. The molecule has 0 bridgehead atoms. The zero-order valence-corrected chi connectivity index (χ0v) is 32.7. The zero-order valence-electron chi connectivity index (χ0n) is 31.9. The number of nitriles is 2. The number of hydrogen-bond donors (Lipinski definition) is 3. The maximum absolute atomic E-state index is 12.7. The Labute approximate surface area is 323 Å². The van der Waals surface area contributed by atoms with Crippen LogP contribution in [-0.2, 0) is 28.4 Å². The fourth-order valence-electron chi connectivity index (χ4n) is 6.95. The van der Waals surface area contributed by atoms with Crippen molar-refractivity contribution < 1.29 is 18.0 Å². The van der Waals surface area contributed by atoms with E-state index in [0.717, 1.165) is 83.7 Å². The van der Waals surface area contributed by atoms with Crippen LogP contribution in [0.1, 0.15) is 138 Å². The first-order valence-corrected chi connectivity index (χ1v) is 20.3. The largest absolute Gasteiger partial charge is 0.327 e. The third-order valence-electron chi connectivity index (χ3n) is 9.77. The van der Waals surface area contributed by atoms with E-state index in [1.807, 2.05) is 63.2 Å². The Morgan fingerprint density at radius 1 is 0.818 bits per heavy atom. The Hall–Kier alpha value is -5.69. The molecule has 55 heavy (non-hydrogen) atoms. The van der Waals surface area contributed by atoms with Gasteiger partial charge in [0.25, 0.3) is 0 Å². The van der Waals surface area contributed by atoms with Gasteiger partial charge in [-0.2, -0.15) is 10.5 Å². The first kappa shape index (κ1) is 40.5. The van der Waals surface area contributed by atoms with Gasteiger partial charge < -0.3 is 9.97 Å². The molecule has 0 saturated carbocycles. The summed E-state index contributed by atoms with van der Waals surface area (Å²) in [6.07, 6.45) is 17.4. The van der Waals surface area contributed by atoms with Crippen molar-refractivity contribution in [2.75, 3.05) is 6.26 Å². The molecule has 2 aromatic carbocycles. The summed E-state index contributed by atoms with van der Waals surface area (Å²) in [5, 5.41) is 17.8. The van der Waals surface area contributed by atoms with Gasteiger partial charge in [-0.3, -0.25) is 9.59 Å². The number of ketones is 2. The molecule has 11 nitrogen and oxygen atoms in total. The molecule has 0 unspecified atom stereocenters. The Balaban J connectivity index is 0.000000214. The molecule has 2 heterocycles. The van der Waals surface area contributed by atoms with E-state index in [1.165, 1.54) is 36.4 Å². The summed E-state index contributed by atoms with van der Waals surface area (Å²) in [6, 6.07) is 15.8. The Morgan fingerprint density at radius 3 is 1.73 bits per heavy atom. The summed E-state index contributed by atoms with van der Waals surface area (Å²) in [4.78, 5) is 38.8. The fraction of sp³-hybridized carbons (Fsp3) is 0.349. The molecule has 12 heteroatoms. The van der Waals surface area contributed by atoms with E-state index in [2.05, 4.69) is 49.5 Å². The van der Waals surface area contributed by atoms with Crippen molar-refractivity contribution in [3.05, 3.63) is 124 Å². The number of aromatic amines is 2. The Bertz CT molecular complexity index is 2360. The highest BCUT2D eigenvalue weighted by atomic mass is 32.2. The molecule has 284 valence electrons. The molecule has 0 atom stereocenters. The average Bonchev–Trinajstić information content (AvgIpc) is 3.86. The van der Waals surface area contributed by atoms with Gasteiger partial charge in [0.2, 0.25) is 21.6 Å². The third-order valence-corrected chi connectivity index (χ3v) is 10.7. The topological polar surface area (TPSA) is 185 Å². The maximum Gasteiger partial charge on any atom is 0.209 e. The second-order valence-corrected chi connectivity index (χ2v) is 16.4. The summed E-state index contributed by atoms with van der Waals surface area (Å²) in [6.45, 7) is 9.66. The van der Waals surface area contributed by atoms with Gasteiger partial charge in [0.1, 0.15) is 23.5 Å². The number of rotatable bonds is 12. The number of hydrogen-bond acceptors (Lipinski definition) is 8. The molecule has 0 aliphatic heterocycles. The van der Waals surface area contributed by atoms with Crippen molar-refractivity contribution in [3.63, 3.8) is 0 Å². The summed E-state index contributed by atoms with van der Waals surface area (Å²) in [5.41, 5.74) is 9.17. The van der Waals surface area contributed by atoms with Crippen LogP contribution in [0.2, 0.25) is 0 Å². The SMILES string of the molecule is C=C(C)c1ccc(CC(=O)c2ncc(C#N)[nH]2)c(C2=CCCCC2)c1.CC(C)(NS(C)(=O)=O)c1ccc(CC(=O)c2ncc(C#N)[nH]2)c(C2=CCCCC2)c1. The van der Waals surface area contributed by atoms with Crippen LogP contribution >= 0.6 is 0 Å². The van der Waals surface area contributed by atoms with Crippen LogP contribution in [0.3, 0.4) is 0 Å². The number of H-pyrrole nitrogens is 2. The van der Waals surface area contributed by atoms with Crippen molar-refractivity contribution >= 4 is 38.3 Å². The molecule has 0 spiro atoms. The molecular formula is C43H47N7O4S. The number of nitrogens with one attached hydrogen (secondary N) is 3. The first-order chi connectivity index (χ1) is 26.2. The predicted octanol–water partition coefficient (Wildman–Crippen LogP) is 8.15. The minimum Gasteiger partial charge on any atom is -0.327 e. The van der Waals surface area contributed by atoms with Crippen LogP contribution in [0.4, 0.5) is 0 Å². The Morgan fingerprint density at radius 2 is 1.31 bits per heavy atom. The van der Waals surface area contributed by atoms with Gasteiger partial charge in [0.15, 0.2) is 11.6 Å². The van der Waals surface area contributed by atoms with Gasteiger partial charge in [0.05, 0.1) is 24.2 Å². The number of allylic oxidation sites excluding steroid dienone is 5. The average molecular weight is 758 g/mol. The van der Waals surface area contributed by atoms with Gasteiger partial charge in [0, 0.05) is 12.8 Å². The minimum absolute atomic E-state index is 0.109. The van der Waals surface area contributed by atoms with E-state index in [9.17, 15) is 18.0 Å². The number of carbonyl (C=O) groups excluding carboxylic acids is 2. The van der Waals surface area contributed by atoms with Gasteiger partial charge in [-0.15, -0.1) is 0 Å². The van der Waals surface area contributed by atoms with Crippen LogP contribution < -0.4 is 4.72 Å². The standard InChI is InChI=1S/C22H26N4O3S.C21H21N3O/c1-22(2,26-30(3,28)29)17-10-9-16(19(12-17)15-7-5-4-6-8-15)11-20(27)21-24-14-18(13-23)25-21;1-14(2)16-8-9-17(19(10-16)15-6-4-3-5-7-15)11-20(25)21-23-13-18(12-22)24-21/h7,9-10,12,14,26H,4-6,8,11H2,1-3H3,(H,24,25);6,8-10,13H,1,3-5,7,11H2,2H3,(H,23,24). The second-order valence-electron chi connectivity index (χ2n) is 14.7. The highest BCUT2D eigenvalue weighted by Crippen LogP contribution is 2.34. The molecule has 0 radical (unpaired) electrons. The Kier molecular flexibility index (Phi) is 13.0. The smallest absolute Gasteiger partial charge is 0.209 e. The van der Waals surface area contributed by atoms with Crippen LogP contribution in [0, 0.1) is 22.7 Å². The molecule has 0 saturated heterocycles. The molecular weight excluding hydrogens is 711 g/mol. The zero-order chi connectivity index (χ0) is 39.8. The van der Waals surface area contributed by atoms with E-state index < -0.39 is 15.6 Å². The van der Waals surface area contributed by atoms with E-state index in [4.69, 9.17) is 10.5 Å². The van der Waals surface area contributed by atoms with E-state index >= 15 is 0 Å². The highest BCUT2D eigenvalue weighted by molar-refractivity contribution is 7.88. The van der Waals surface area contributed by atoms with E-state index in [-0.39, 0.29) is 41.8 Å². The number of aromatic nitrogens is 4.